The molecule has 106 valence electrons. The summed E-state index contributed by atoms with van der Waals surface area (Å²) in [5.74, 6) is 2.71. The van der Waals surface area contributed by atoms with E-state index in [1.807, 2.05) is 31.4 Å². The molecule has 0 spiro atoms. The Hall–Kier alpha value is -1.81. The molecule has 2 aromatic rings. The second-order valence-electron chi connectivity index (χ2n) is 5.35. The van der Waals surface area contributed by atoms with E-state index < -0.39 is 0 Å². The van der Waals surface area contributed by atoms with E-state index in [0.29, 0.717) is 5.92 Å². The summed E-state index contributed by atoms with van der Waals surface area (Å²) in [4.78, 5) is 7.00. The summed E-state index contributed by atoms with van der Waals surface area (Å²) < 4.78 is 5.45. The van der Waals surface area contributed by atoms with Crippen LogP contribution in [0.15, 0.2) is 30.5 Å². The Kier molecular flexibility index (Phi) is 3.74. The Bertz CT molecular complexity index is 599. The first-order valence-electron chi connectivity index (χ1n) is 7.14. The lowest BCUT2D eigenvalue weighted by Crippen LogP contribution is -2.25. The minimum atomic E-state index is 0.711. The van der Waals surface area contributed by atoms with Crippen molar-refractivity contribution in [1.29, 1.82) is 0 Å². The Balaban J connectivity index is 1.96. The molecule has 1 aromatic heterocycles. The molecule has 1 fully saturated rings. The number of ether oxygens (including phenoxy) is 1. The Labute approximate surface area is 119 Å². The highest BCUT2D eigenvalue weighted by atomic mass is 16.5. The van der Waals surface area contributed by atoms with Crippen LogP contribution in [0.5, 0.6) is 5.75 Å². The van der Waals surface area contributed by atoms with Crippen LogP contribution in [-0.4, -0.2) is 38.8 Å². The van der Waals surface area contributed by atoms with Gasteiger partial charge in [-0.2, -0.15) is 0 Å². The van der Waals surface area contributed by atoms with Gasteiger partial charge in [0.1, 0.15) is 11.6 Å². The highest BCUT2D eigenvalue weighted by Crippen LogP contribution is 2.33. The van der Waals surface area contributed by atoms with Crippen molar-refractivity contribution >= 4 is 16.6 Å². The molecule has 0 radical (unpaired) electrons. The smallest absolute Gasteiger partial charge is 0.136 e. The highest BCUT2D eigenvalue weighted by molar-refractivity contribution is 5.96. The van der Waals surface area contributed by atoms with Crippen molar-refractivity contribution in [2.24, 2.45) is 5.92 Å². The molecule has 20 heavy (non-hydrogen) atoms. The largest absolute Gasteiger partial charge is 0.496 e. The van der Waals surface area contributed by atoms with Crippen LogP contribution in [0, 0.1) is 5.92 Å². The van der Waals surface area contributed by atoms with Crippen LogP contribution in [0.1, 0.15) is 6.42 Å². The molecule has 0 aliphatic carbocycles. The maximum atomic E-state index is 5.45. The van der Waals surface area contributed by atoms with Crippen molar-refractivity contribution in [2.45, 2.75) is 6.42 Å². The monoisotopic (exact) mass is 271 g/mol. The Morgan fingerprint density at radius 2 is 2.25 bits per heavy atom. The fourth-order valence-electron chi connectivity index (χ4n) is 3.07. The molecule has 3 rings (SSSR count). The van der Waals surface area contributed by atoms with E-state index in [4.69, 9.17) is 4.74 Å². The molecular formula is C16H21N3O. The predicted octanol–water partition coefficient (Wildman–Crippen LogP) is 2.29. The average Bonchev–Trinajstić information content (AvgIpc) is 2.95. The van der Waals surface area contributed by atoms with Gasteiger partial charge in [0.15, 0.2) is 0 Å². The topological polar surface area (TPSA) is 37.4 Å². The standard InChI is InChI=1S/C16H21N3O/c1-17-10-12-7-9-19(11-12)16-14-4-3-5-15(20-2)13(14)6-8-18-16/h3-6,8,12,17H,7,9-11H2,1-2H3. The van der Waals surface area contributed by atoms with Gasteiger partial charge < -0.3 is 15.0 Å². The summed E-state index contributed by atoms with van der Waals surface area (Å²) in [5.41, 5.74) is 0. The van der Waals surface area contributed by atoms with Gasteiger partial charge in [-0.25, -0.2) is 4.98 Å². The normalized spacial score (nSPS) is 18.7. The third-order valence-corrected chi connectivity index (χ3v) is 4.04. The minimum absolute atomic E-state index is 0.711. The molecule has 4 heteroatoms. The number of hydrogen-bond acceptors (Lipinski definition) is 4. The van der Waals surface area contributed by atoms with Crippen molar-refractivity contribution in [2.75, 3.05) is 38.7 Å². The average molecular weight is 271 g/mol. The van der Waals surface area contributed by atoms with Crippen molar-refractivity contribution in [1.82, 2.24) is 10.3 Å². The molecule has 0 amide bonds. The second-order valence-corrected chi connectivity index (χ2v) is 5.35. The van der Waals surface area contributed by atoms with Gasteiger partial charge in [-0.3, -0.25) is 0 Å². The van der Waals surface area contributed by atoms with Gasteiger partial charge in [0, 0.05) is 30.1 Å². The van der Waals surface area contributed by atoms with Crippen LogP contribution in [0.3, 0.4) is 0 Å². The van der Waals surface area contributed by atoms with Gasteiger partial charge in [0.05, 0.1) is 7.11 Å². The first-order valence-corrected chi connectivity index (χ1v) is 7.14. The molecule has 1 N–H and O–H groups in total. The van der Waals surface area contributed by atoms with E-state index in [1.54, 1.807) is 7.11 Å². The number of fused-ring (bicyclic) bond motifs is 1. The quantitative estimate of drug-likeness (QED) is 0.926. The zero-order valence-electron chi connectivity index (χ0n) is 12.1. The first kappa shape index (κ1) is 13.2. The SMILES string of the molecule is CNCC1CCN(c2nccc3c(OC)cccc23)C1. The zero-order chi connectivity index (χ0) is 13.9. The number of aromatic nitrogens is 1. The van der Waals surface area contributed by atoms with Crippen molar-refractivity contribution < 1.29 is 4.74 Å². The fraction of sp³-hybridized carbons (Fsp3) is 0.438. The molecule has 1 aliphatic heterocycles. The number of anilines is 1. The van der Waals surface area contributed by atoms with Crippen LogP contribution in [0.2, 0.25) is 0 Å². The van der Waals surface area contributed by atoms with E-state index in [2.05, 4.69) is 21.3 Å². The number of rotatable bonds is 4. The number of hydrogen-bond donors (Lipinski definition) is 1. The van der Waals surface area contributed by atoms with E-state index in [0.717, 1.165) is 36.6 Å². The van der Waals surface area contributed by atoms with Crippen LogP contribution >= 0.6 is 0 Å². The molecular weight excluding hydrogens is 250 g/mol. The second kappa shape index (κ2) is 5.67. The number of pyridine rings is 1. The summed E-state index contributed by atoms with van der Waals surface area (Å²) in [6, 6.07) is 8.19. The lowest BCUT2D eigenvalue weighted by Gasteiger charge is -2.20. The minimum Gasteiger partial charge on any atom is -0.496 e. The summed E-state index contributed by atoms with van der Waals surface area (Å²) in [5, 5.41) is 5.58. The molecule has 1 atom stereocenters. The zero-order valence-corrected chi connectivity index (χ0v) is 12.1. The molecule has 0 saturated carbocycles. The molecule has 1 aliphatic rings. The van der Waals surface area contributed by atoms with Crippen LogP contribution in [0.25, 0.3) is 10.8 Å². The number of benzene rings is 1. The molecule has 0 bridgehead atoms. The first-order chi connectivity index (χ1) is 9.83. The third kappa shape index (κ3) is 2.31. The highest BCUT2D eigenvalue weighted by Gasteiger charge is 2.24. The van der Waals surface area contributed by atoms with Gasteiger partial charge in [-0.15, -0.1) is 0 Å². The van der Waals surface area contributed by atoms with Gasteiger partial charge in [-0.1, -0.05) is 12.1 Å². The van der Waals surface area contributed by atoms with Crippen molar-refractivity contribution in [3.05, 3.63) is 30.5 Å². The van der Waals surface area contributed by atoms with Crippen LogP contribution in [-0.2, 0) is 0 Å². The van der Waals surface area contributed by atoms with Gasteiger partial charge >= 0.3 is 0 Å². The Morgan fingerprint density at radius 1 is 1.35 bits per heavy atom. The van der Waals surface area contributed by atoms with E-state index >= 15 is 0 Å². The van der Waals surface area contributed by atoms with E-state index in [-0.39, 0.29) is 0 Å². The van der Waals surface area contributed by atoms with E-state index in [9.17, 15) is 0 Å². The molecule has 1 unspecified atom stereocenters. The summed E-state index contributed by atoms with van der Waals surface area (Å²) >= 11 is 0. The van der Waals surface area contributed by atoms with Gasteiger partial charge in [0.2, 0.25) is 0 Å². The maximum absolute atomic E-state index is 5.45. The number of methoxy groups -OCH3 is 1. The van der Waals surface area contributed by atoms with Crippen LogP contribution in [0.4, 0.5) is 5.82 Å². The van der Waals surface area contributed by atoms with Crippen molar-refractivity contribution in [3.63, 3.8) is 0 Å². The Morgan fingerprint density at radius 3 is 3.05 bits per heavy atom. The molecule has 2 heterocycles. The van der Waals surface area contributed by atoms with E-state index in [1.165, 1.54) is 11.8 Å². The predicted molar refractivity (Wildman–Crippen MR) is 82.5 cm³/mol. The summed E-state index contributed by atoms with van der Waals surface area (Å²) in [6.07, 6.45) is 3.11. The molecule has 1 aromatic carbocycles. The third-order valence-electron chi connectivity index (χ3n) is 4.04. The maximum Gasteiger partial charge on any atom is 0.136 e. The van der Waals surface area contributed by atoms with Crippen molar-refractivity contribution in [3.8, 4) is 5.75 Å². The van der Waals surface area contributed by atoms with Crippen LogP contribution < -0.4 is 15.0 Å². The lowest BCUT2D eigenvalue weighted by molar-refractivity contribution is 0.420. The summed E-state index contributed by atoms with van der Waals surface area (Å²) in [7, 11) is 3.73. The number of nitrogens with zero attached hydrogens (tertiary/aromatic N) is 2. The molecule has 1 saturated heterocycles. The number of nitrogens with one attached hydrogen (secondary N) is 1. The molecule has 4 nitrogen and oxygen atoms in total. The van der Waals surface area contributed by atoms with Gasteiger partial charge in [0.25, 0.3) is 0 Å². The fourth-order valence-corrected chi connectivity index (χ4v) is 3.07. The lowest BCUT2D eigenvalue weighted by atomic mass is 10.1. The summed E-state index contributed by atoms with van der Waals surface area (Å²) in [6.45, 7) is 3.23. The van der Waals surface area contributed by atoms with Gasteiger partial charge in [-0.05, 0) is 38.1 Å².